The minimum atomic E-state index is -3.38. The Morgan fingerprint density at radius 1 is 1.58 bits per heavy atom. The van der Waals surface area contributed by atoms with Gasteiger partial charge in [0.1, 0.15) is 0 Å². The molecule has 0 saturated carbocycles. The van der Waals surface area contributed by atoms with Crippen molar-refractivity contribution in [2.75, 3.05) is 19.6 Å². The van der Waals surface area contributed by atoms with Gasteiger partial charge in [-0.3, -0.25) is 0 Å². The summed E-state index contributed by atoms with van der Waals surface area (Å²) in [7, 11) is -3.38. The standard InChI is InChI=1S/C12H21N3O2S2/c1-10-4-6-18-12(10)8-14-19(16,17)15-5-2-3-11(7-13)9-15/h4,6,11,14H,2-3,5,7-9,13H2,1H3. The van der Waals surface area contributed by atoms with Crippen molar-refractivity contribution in [1.82, 2.24) is 9.03 Å². The maximum atomic E-state index is 12.2. The van der Waals surface area contributed by atoms with Crippen LogP contribution >= 0.6 is 11.3 Å². The second-order valence-electron chi connectivity index (χ2n) is 4.95. The summed E-state index contributed by atoms with van der Waals surface area (Å²) in [6.45, 7) is 4.04. The number of hydrogen-bond donors (Lipinski definition) is 2. The van der Waals surface area contributed by atoms with Crippen molar-refractivity contribution in [3.8, 4) is 0 Å². The van der Waals surface area contributed by atoms with Gasteiger partial charge in [0.25, 0.3) is 10.2 Å². The fourth-order valence-electron chi connectivity index (χ4n) is 2.27. The highest BCUT2D eigenvalue weighted by Gasteiger charge is 2.28. The largest absolute Gasteiger partial charge is 0.330 e. The molecule has 3 N–H and O–H groups in total. The summed E-state index contributed by atoms with van der Waals surface area (Å²) >= 11 is 1.58. The molecule has 1 aromatic rings. The molecule has 0 aliphatic carbocycles. The normalized spacial score (nSPS) is 21.7. The third kappa shape index (κ3) is 3.76. The highest BCUT2D eigenvalue weighted by molar-refractivity contribution is 7.87. The Morgan fingerprint density at radius 2 is 2.37 bits per heavy atom. The van der Waals surface area contributed by atoms with Crippen LogP contribution in [-0.4, -0.2) is 32.4 Å². The van der Waals surface area contributed by atoms with Crippen LogP contribution in [0.4, 0.5) is 0 Å². The number of nitrogens with two attached hydrogens (primary N) is 1. The van der Waals surface area contributed by atoms with Crippen LogP contribution in [0.25, 0.3) is 0 Å². The first-order valence-corrected chi connectivity index (χ1v) is 8.82. The van der Waals surface area contributed by atoms with Gasteiger partial charge in [-0.25, -0.2) is 0 Å². The topological polar surface area (TPSA) is 75.4 Å². The lowest BCUT2D eigenvalue weighted by molar-refractivity contribution is 0.268. The maximum Gasteiger partial charge on any atom is 0.279 e. The van der Waals surface area contributed by atoms with Crippen LogP contribution in [0.1, 0.15) is 23.3 Å². The molecule has 19 heavy (non-hydrogen) atoms. The minimum Gasteiger partial charge on any atom is -0.330 e. The summed E-state index contributed by atoms with van der Waals surface area (Å²) in [6, 6.07) is 2.00. The highest BCUT2D eigenvalue weighted by Crippen LogP contribution is 2.19. The van der Waals surface area contributed by atoms with Crippen molar-refractivity contribution >= 4 is 21.5 Å². The van der Waals surface area contributed by atoms with Gasteiger partial charge in [-0.05, 0) is 49.2 Å². The van der Waals surface area contributed by atoms with E-state index in [1.54, 1.807) is 11.3 Å². The van der Waals surface area contributed by atoms with E-state index < -0.39 is 10.2 Å². The Bertz CT molecular complexity index is 513. The van der Waals surface area contributed by atoms with Gasteiger partial charge in [-0.1, -0.05) is 0 Å². The lowest BCUT2D eigenvalue weighted by atomic mass is 10.0. The number of nitrogens with one attached hydrogen (secondary N) is 1. The summed E-state index contributed by atoms with van der Waals surface area (Å²) in [6.07, 6.45) is 1.91. The van der Waals surface area contributed by atoms with Gasteiger partial charge >= 0.3 is 0 Å². The lowest BCUT2D eigenvalue weighted by Gasteiger charge is -2.31. The first kappa shape index (κ1) is 14.9. The van der Waals surface area contributed by atoms with E-state index in [9.17, 15) is 8.42 Å². The van der Waals surface area contributed by atoms with E-state index in [-0.39, 0.29) is 5.92 Å². The summed E-state index contributed by atoms with van der Waals surface area (Å²) in [4.78, 5) is 1.07. The molecule has 1 aromatic heterocycles. The average molecular weight is 303 g/mol. The molecule has 2 heterocycles. The predicted octanol–water partition coefficient (Wildman–Crippen LogP) is 1.06. The van der Waals surface area contributed by atoms with Gasteiger partial charge in [-0.2, -0.15) is 17.4 Å². The second kappa shape index (κ2) is 6.32. The number of rotatable bonds is 5. The van der Waals surface area contributed by atoms with Gasteiger partial charge in [-0.15, -0.1) is 11.3 Å². The molecule has 1 aliphatic rings. The van der Waals surface area contributed by atoms with Gasteiger partial charge < -0.3 is 5.73 Å². The predicted molar refractivity (Wildman–Crippen MR) is 78.2 cm³/mol. The molecule has 2 rings (SSSR count). The van der Waals surface area contributed by atoms with Crippen LogP contribution in [0.3, 0.4) is 0 Å². The fourth-order valence-corrected chi connectivity index (χ4v) is 4.49. The smallest absolute Gasteiger partial charge is 0.279 e. The van der Waals surface area contributed by atoms with Crippen molar-refractivity contribution in [3.63, 3.8) is 0 Å². The molecule has 5 nitrogen and oxygen atoms in total. The van der Waals surface area contributed by atoms with Crippen molar-refractivity contribution in [2.45, 2.75) is 26.3 Å². The zero-order valence-electron chi connectivity index (χ0n) is 11.1. The molecule has 1 unspecified atom stereocenters. The van der Waals surface area contributed by atoms with Gasteiger partial charge in [0.05, 0.1) is 0 Å². The molecular weight excluding hydrogens is 282 g/mol. The third-order valence-electron chi connectivity index (χ3n) is 3.54. The Balaban J connectivity index is 1.96. The van der Waals surface area contributed by atoms with Crippen LogP contribution in [0.2, 0.25) is 0 Å². The monoisotopic (exact) mass is 303 g/mol. The SMILES string of the molecule is Cc1ccsc1CNS(=O)(=O)N1CCCC(CN)C1. The Hall–Kier alpha value is -0.470. The van der Waals surface area contributed by atoms with Crippen LogP contribution in [0.5, 0.6) is 0 Å². The number of piperidine rings is 1. The third-order valence-corrected chi connectivity index (χ3v) is 6.08. The van der Waals surface area contributed by atoms with Crippen LogP contribution < -0.4 is 10.5 Å². The Labute approximate surface area is 119 Å². The molecule has 1 saturated heterocycles. The quantitative estimate of drug-likeness (QED) is 0.854. The molecule has 7 heteroatoms. The summed E-state index contributed by atoms with van der Waals surface area (Å²) < 4.78 is 28.7. The van der Waals surface area contributed by atoms with E-state index in [2.05, 4.69) is 4.72 Å². The molecule has 0 spiro atoms. The Kier molecular flexibility index (Phi) is 4.97. The molecule has 1 aliphatic heterocycles. The summed E-state index contributed by atoms with van der Waals surface area (Å²) in [5, 5.41) is 1.98. The van der Waals surface area contributed by atoms with Gasteiger partial charge in [0, 0.05) is 24.5 Å². The summed E-state index contributed by atoms with van der Waals surface area (Å²) in [5.74, 6) is 0.286. The molecule has 0 amide bonds. The second-order valence-corrected chi connectivity index (χ2v) is 7.71. The summed E-state index contributed by atoms with van der Waals surface area (Å²) in [5.41, 5.74) is 6.77. The van der Waals surface area contributed by atoms with Crippen molar-refractivity contribution in [3.05, 3.63) is 21.9 Å². The first-order valence-electron chi connectivity index (χ1n) is 6.50. The van der Waals surface area contributed by atoms with E-state index >= 15 is 0 Å². The molecule has 1 fully saturated rings. The van der Waals surface area contributed by atoms with E-state index in [4.69, 9.17) is 5.73 Å². The molecule has 0 aromatic carbocycles. The number of aryl methyl sites for hydroxylation is 1. The lowest BCUT2D eigenvalue weighted by Crippen LogP contribution is -2.47. The number of nitrogens with zero attached hydrogens (tertiary/aromatic N) is 1. The fraction of sp³-hybridized carbons (Fsp3) is 0.667. The molecular formula is C12H21N3O2S2. The highest BCUT2D eigenvalue weighted by atomic mass is 32.2. The van der Waals surface area contributed by atoms with Crippen molar-refractivity contribution in [2.24, 2.45) is 11.7 Å². The van der Waals surface area contributed by atoms with E-state index in [1.807, 2.05) is 18.4 Å². The van der Waals surface area contributed by atoms with Crippen molar-refractivity contribution in [1.29, 1.82) is 0 Å². The molecule has 0 radical (unpaired) electrons. The molecule has 108 valence electrons. The first-order chi connectivity index (χ1) is 9.03. The van der Waals surface area contributed by atoms with E-state index in [1.165, 1.54) is 4.31 Å². The van der Waals surface area contributed by atoms with Crippen LogP contribution in [0, 0.1) is 12.8 Å². The van der Waals surface area contributed by atoms with E-state index in [0.29, 0.717) is 26.2 Å². The maximum absolute atomic E-state index is 12.2. The zero-order chi connectivity index (χ0) is 13.9. The Morgan fingerprint density at radius 3 is 3.00 bits per heavy atom. The molecule has 0 bridgehead atoms. The van der Waals surface area contributed by atoms with E-state index in [0.717, 1.165) is 23.3 Å². The van der Waals surface area contributed by atoms with Crippen LogP contribution in [-0.2, 0) is 16.8 Å². The van der Waals surface area contributed by atoms with Crippen molar-refractivity contribution < 1.29 is 8.42 Å². The number of thiophene rings is 1. The number of hydrogen-bond acceptors (Lipinski definition) is 4. The van der Waals surface area contributed by atoms with Crippen LogP contribution in [0.15, 0.2) is 11.4 Å². The molecule has 1 atom stereocenters. The van der Waals surface area contributed by atoms with Gasteiger partial charge in [0.15, 0.2) is 0 Å². The van der Waals surface area contributed by atoms with Gasteiger partial charge in [0.2, 0.25) is 0 Å². The zero-order valence-corrected chi connectivity index (χ0v) is 12.8. The minimum absolute atomic E-state index is 0.286. The average Bonchev–Trinajstić information content (AvgIpc) is 2.82.